The van der Waals surface area contributed by atoms with Crippen LogP contribution in [0.15, 0.2) is 48.9 Å². The van der Waals surface area contributed by atoms with Gasteiger partial charge in [0, 0.05) is 30.5 Å². The third-order valence-corrected chi connectivity index (χ3v) is 3.85. The van der Waals surface area contributed by atoms with Crippen LogP contribution in [-0.2, 0) is 18.3 Å². The molecule has 6 nitrogen and oxygen atoms in total. The monoisotopic (exact) mass is 309 g/mol. The summed E-state index contributed by atoms with van der Waals surface area (Å²) in [5.41, 5.74) is 8.81. The van der Waals surface area contributed by atoms with E-state index in [2.05, 4.69) is 15.4 Å². The molecule has 3 rings (SSSR count). The van der Waals surface area contributed by atoms with Crippen LogP contribution in [0, 0.1) is 0 Å². The van der Waals surface area contributed by atoms with E-state index in [0.717, 1.165) is 28.6 Å². The average Bonchev–Trinajstić information content (AvgIpc) is 2.94. The molecular weight excluding hydrogens is 290 g/mol. The number of rotatable bonds is 5. The highest BCUT2D eigenvalue weighted by Crippen LogP contribution is 2.18. The van der Waals surface area contributed by atoms with Crippen molar-refractivity contribution in [2.24, 2.45) is 12.8 Å². The van der Waals surface area contributed by atoms with Crippen LogP contribution in [0.25, 0.3) is 10.9 Å². The highest BCUT2D eigenvalue weighted by atomic mass is 16.2. The Kier molecular flexibility index (Phi) is 4.34. The summed E-state index contributed by atoms with van der Waals surface area (Å²) >= 11 is 0. The number of anilines is 1. The van der Waals surface area contributed by atoms with E-state index in [1.54, 1.807) is 23.3 Å². The molecule has 0 saturated heterocycles. The molecule has 0 spiro atoms. The predicted molar refractivity (Wildman–Crippen MR) is 89.9 cm³/mol. The maximum absolute atomic E-state index is 12.2. The highest BCUT2D eigenvalue weighted by Gasteiger charge is 2.14. The number of amides is 1. The Morgan fingerprint density at radius 3 is 2.87 bits per heavy atom. The van der Waals surface area contributed by atoms with Gasteiger partial charge in [0.15, 0.2) is 0 Å². The van der Waals surface area contributed by atoms with Gasteiger partial charge in [-0.25, -0.2) is 0 Å². The lowest BCUT2D eigenvalue weighted by Crippen LogP contribution is -2.36. The van der Waals surface area contributed by atoms with E-state index in [1.165, 1.54) is 0 Å². The Bertz CT molecular complexity index is 812. The zero-order valence-corrected chi connectivity index (χ0v) is 12.9. The van der Waals surface area contributed by atoms with Gasteiger partial charge in [-0.3, -0.25) is 14.5 Å². The van der Waals surface area contributed by atoms with Crippen LogP contribution in [0.1, 0.15) is 12.0 Å². The van der Waals surface area contributed by atoms with Crippen molar-refractivity contribution in [3.8, 4) is 0 Å². The first-order valence-electron chi connectivity index (χ1n) is 7.50. The molecule has 1 unspecified atom stereocenters. The SMILES string of the molecule is Cn1ncc2ccc(NC(=O)C(N)CCc3ccncc3)cc21. The smallest absolute Gasteiger partial charge is 0.241 e. The molecule has 3 aromatic rings. The fraction of sp³-hybridized carbons (Fsp3) is 0.235. The molecule has 23 heavy (non-hydrogen) atoms. The van der Waals surface area contributed by atoms with Gasteiger partial charge >= 0.3 is 0 Å². The van der Waals surface area contributed by atoms with Gasteiger partial charge in [0.2, 0.25) is 5.91 Å². The van der Waals surface area contributed by atoms with Gasteiger partial charge in [-0.15, -0.1) is 0 Å². The minimum Gasteiger partial charge on any atom is -0.325 e. The lowest BCUT2D eigenvalue weighted by Gasteiger charge is -2.12. The van der Waals surface area contributed by atoms with Crippen molar-refractivity contribution in [2.75, 3.05) is 5.32 Å². The molecule has 6 heteroatoms. The van der Waals surface area contributed by atoms with Gasteiger partial charge in [-0.05, 0) is 48.7 Å². The second-order valence-corrected chi connectivity index (χ2v) is 5.53. The van der Waals surface area contributed by atoms with Crippen LogP contribution in [0.3, 0.4) is 0 Å². The number of aryl methyl sites for hydroxylation is 2. The van der Waals surface area contributed by atoms with E-state index < -0.39 is 6.04 Å². The molecule has 2 heterocycles. The summed E-state index contributed by atoms with van der Waals surface area (Å²) in [6, 6.07) is 9.00. The molecule has 0 radical (unpaired) electrons. The van der Waals surface area contributed by atoms with Crippen molar-refractivity contribution in [2.45, 2.75) is 18.9 Å². The van der Waals surface area contributed by atoms with Crippen molar-refractivity contribution in [3.63, 3.8) is 0 Å². The van der Waals surface area contributed by atoms with Gasteiger partial charge < -0.3 is 11.1 Å². The fourth-order valence-corrected chi connectivity index (χ4v) is 2.46. The molecular formula is C17H19N5O. The Morgan fingerprint density at radius 2 is 2.09 bits per heavy atom. The first-order chi connectivity index (χ1) is 11.1. The van der Waals surface area contributed by atoms with Crippen molar-refractivity contribution >= 4 is 22.5 Å². The molecule has 1 amide bonds. The van der Waals surface area contributed by atoms with E-state index >= 15 is 0 Å². The molecule has 0 aliphatic heterocycles. The summed E-state index contributed by atoms with van der Waals surface area (Å²) in [5, 5.41) is 8.09. The Morgan fingerprint density at radius 1 is 1.30 bits per heavy atom. The van der Waals surface area contributed by atoms with Crippen LogP contribution in [0.5, 0.6) is 0 Å². The van der Waals surface area contributed by atoms with Crippen molar-refractivity contribution in [1.29, 1.82) is 0 Å². The Hall–Kier alpha value is -2.73. The zero-order valence-electron chi connectivity index (χ0n) is 12.9. The Labute approximate surface area is 134 Å². The van der Waals surface area contributed by atoms with E-state index in [-0.39, 0.29) is 5.91 Å². The van der Waals surface area contributed by atoms with Crippen molar-refractivity contribution < 1.29 is 4.79 Å². The van der Waals surface area contributed by atoms with E-state index in [0.29, 0.717) is 6.42 Å². The van der Waals surface area contributed by atoms with Crippen LogP contribution in [-0.4, -0.2) is 26.7 Å². The average molecular weight is 309 g/mol. The topological polar surface area (TPSA) is 85.8 Å². The number of pyridine rings is 1. The number of benzene rings is 1. The zero-order chi connectivity index (χ0) is 16.2. The molecule has 0 fully saturated rings. The lowest BCUT2D eigenvalue weighted by molar-refractivity contribution is -0.117. The van der Waals surface area contributed by atoms with Crippen molar-refractivity contribution in [3.05, 3.63) is 54.5 Å². The third-order valence-electron chi connectivity index (χ3n) is 3.85. The molecule has 0 saturated carbocycles. The summed E-state index contributed by atoms with van der Waals surface area (Å²) < 4.78 is 1.77. The van der Waals surface area contributed by atoms with Gasteiger partial charge in [-0.1, -0.05) is 0 Å². The first-order valence-corrected chi connectivity index (χ1v) is 7.50. The lowest BCUT2D eigenvalue weighted by atomic mass is 10.1. The van der Waals surface area contributed by atoms with Crippen LogP contribution < -0.4 is 11.1 Å². The molecule has 0 bridgehead atoms. The van der Waals surface area contributed by atoms with Gasteiger partial charge in [0.05, 0.1) is 17.8 Å². The van der Waals surface area contributed by atoms with Crippen LogP contribution in [0.2, 0.25) is 0 Å². The van der Waals surface area contributed by atoms with E-state index in [4.69, 9.17) is 5.73 Å². The molecule has 3 N–H and O–H groups in total. The number of fused-ring (bicyclic) bond motifs is 1. The van der Waals surface area contributed by atoms with Gasteiger partial charge in [0.25, 0.3) is 0 Å². The predicted octanol–water partition coefficient (Wildman–Crippen LogP) is 1.87. The van der Waals surface area contributed by atoms with Crippen LogP contribution in [0.4, 0.5) is 5.69 Å². The summed E-state index contributed by atoms with van der Waals surface area (Å²) in [6.07, 6.45) is 6.61. The number of nitrogens with one attached hydrogen (secondary N) is 1. The number of nitrogens with two attached hydrogens (primary N) is 1. The largest absolute Gasteiger partial charge is 0.325 e. The summed E-state index contributed by atoms with van der Waals surface area (Å²) in [7, 11) is 1.87. The first kappa shape index (κ1) is 15.2. The molecule has 0 aliphatic carbocycles. The molecule has 1 atom stereocenters. The maximum Gasteiger partial charge on any atom is 0.241 e. The molecule has 2 aromatic heterocycles. The summed E-state index contributed by atoms with van der Waals surface area (Å²) in [6.45, 7) is 0. The number of carbonyl (C=O) groups is 1. The third kappa shape index (κ3) is 3.54. The normalized spacial score (nSPS) is 12.3. The minimum absolute atomic E-state index is 0.180. The molecule has 0 aliphatic rings. The second kappa shape index (κ2) is 6.58. The van der Waals surface area contributed by atoms with Crippen LogP contribution >= 0.6 is 0 Å². The van der Waals surface area contributed by atoms with Gasteiger partial charge in [-0.2, -0.15) is 5.10 Å². The number of carbonyl (C=O) groups excluding carboxylic acids is 1. The standard InChI is InChI=1S/C17H19N5O/c1-22-16-10-14(4-3-13(16)11-20-22)21-17(23)15(18)5-2-12-6-8-19-9-7-12/h3-4,6-11,15H,2,5,18H2,1H3,(H,21,23). The van der Waals surface area contributed by atoms with E-state index in [9.17, 15) is 4.79 Å². The number of nitrogens with zero attached hydrogens (tertiary/aromatic N) is 3. The van der Waals surface area contributed by atoms with E-state index in [1.807, 2.05) is 37.4 Å². The summed E-state index contributed by atoms with van der Waals surface area (Å²) in [4.78, 5) is 16.2. The second-order valence-electron chi connectivity index (χ2n) is 5.53. The molecule has 1 aromatic carbocycles. The number of hydrogen-bond acceptors (Lipinski definition) is 4. The number of aromatic nitrogens is 3. The fourth-order valence-electron chi connectivity index (χ4n) is 2.46. The maximum atomic E-state index is 12.2. The van der Waals surface area contributed by atoms with Crippen molar-refractivity contribution in [1.82, 2.24) is 14.8 Å². The molecule has 118 valence electrons. The van der Waals surface area contributed by atoms with Gasteiger partial charge in [0.1, 0.15) is 0 Å². The number of hydrogen-bond donors (Lipinski definition) is 2. The summed E-state index contributed by atoms with van der Waals surface area (Å²) in [5.74, 6) is -0.180. The highest BCUT2D eigenvalue weighted by molar-refractivity contribution is 5.96. The Balaban J connectivity index is 1.61. The minimum atomic E-state index is -0.551. The quantitative estimate of drug-likeness (QED) is 0.753.